The standard InChI is InChI=1S/C24H28F3N5O/c1-14(16-6-5-7-17(22(16)25)23(26)27)28-24-18-12-21(33-4)20(13-19(18)29-15(2)30-24)32-10-8-31(3)9-11-32/h5-7,12-14,23H,8-11H2,1-4H3,(H,28,29,30)/t14-/m1/s1. The minimum Gasteiger partial charge on any atom is -0.495 e. The van der Waals surface area contributed by atoms with Crippen molar-refractivity contribution in [3.8, 4) is 5.75 Å². The summed E-state index contributed by atoms with van der Waals surface area (Å²) < 4.78 is 46.7. The number of halogens is 3. The fourth-order valence-corrected chi connectivity index (χ4v) is 4.18. The van der Waals surface area contributed by atoms with Gasteiger partial charge in [0.15, 0.2) is 0 Å². The van der Waals surface area contributed by atoms with Crippen LogP contribution in [0.2, 0.25) is 0 Å². The highest BCUT2D eigenvalue weighted by Gasteiger charge is 2.22. The van der Waals surface area contributed by atoms with Crippen LogP contribution < -0.4 is 15.0 Å². The smallest absolute Gasteiger partial charge is 0.266 e. The zero-order valence-electron chi connectivity index (χ0n) is 19.2. The number of rotatable bonds is 6. The number of piperazine rings is 1. The highest BCUT2D eigenvalue weighted by atomic mass is 19.3. The second kappa shape index (κ2) is 9.43. The summed E-state index contributed by atoms with van der Waals surface area (Å²) >= 11 is 0. The maximum atomic E-state index is 14.7. The van der Waals surface area contributed by atoms with Gasteiger partial charge in [0.2, 0.25) is 0 Å². The lowest BCUT2D eigenvalue weighted by Crippen LogP contribution is -2.44. The fraction of sp³-hybridized carbons (Fsp3) is 0.417. The van der Waals surface area contributed by atoms with Crippen LogP contribution in [0.15, 0.2) is 30.3 Å². The molecule has 0 saturated carbocycles. The molecule has 176 valence electrons. The van der Waals surface area contributed by atoms with E-state index in [4.69, 9.17) is 4.74 Å². The number of hydrogen-bond donors (Lipinski definition) is 1. The van der Waals surface area contributed by atoms with Crippen LogP contribution >= 0.6 is 0 Å². The van der Waals surface area contributed by atoms with Crippen molar-refractivity contribution < 1.29 is 17.9 Å². The highest BCUT2D eigenvalue weighted by molar-refractivity contribution is 5.94. The Labute approximate surface area is 191 Å². The molecule has 0 spiro atoms. The Balaban J connectivity index is 1.72. The first-order chi connectivity index (χ1) is 15.8. The van der Waals surface area contributed by atoms with E-state index in [-0.39, 0.29) is 5.56 Å². The van der Waals surface area contributed by atoms with E-state index in [1.807, 2.05) is 12.1 Å². The Morgan fingerprint density at radius 2 is 1.76 bits per heavy atom. The van der Waals surface area contributed by atoms with E-state index in [0.29, 0.717) is 22.8 Å². The summed E-state index contributed by atoms with van der Waals surface area (Å²) in [5.74, 6) is 0.835. The number of nitrogens with one attached hydrogen (secondary N) is 1. The summed E-state index contributed by atoms with van der Waals surface area (Å²) in [6, 6.07) is 7.31. The summed E-state index contributed by atoms with van der Waals surface area (Å²) in [5, 5.41) is 3.91. The Bertz CT molecular complexity index is 1150. The lowest BCUT2D eigenvalue weighted by atomic mass is 10.0. The summed E-state index contributed by atoms with van der Waals surface area (Å²) in [6.45, 7) is 7.17. The summed E-state index contributed by atoms with van der Waals surface area (Å²) in [5.41, 5.74) is 1.24. The van der Waals surface area contributed by atoms with E-state index in [9.17, 15) is 13.2 Å². The zero-order valence-corrected chi connectivity index (χ0v) is 19.2. The molecule has 1 N–H and O–H groups in total. The molecular weight excluding hydrogens is 431 g/mol. The second-order valence-electron chi connectivity index (χ2n) is 8.37. The van der Waals surface area contributed by atoms with Gasteiger partial charge in [-0.15, -0.1) is 0 Å². The Morgan fingerprint density at radius 1 is 1.06 bits per heavy atom. The number of hydrogen-bond acceptors (Lipinski definition) is 6. The topological polar surface area (TPSA) is 53.5 Å². The van der Waals surface area contributed by atoms with E-state index >= 15 is 0 Å². The van der Waals surface area contributed by atoms with Crippen molar-refractivity contribution in [2.75, 3.05) is 50.6 Å². The van der Waals surface area contributed by atoms with Gasteiger partial charge >= 0.3 is 0 Å². The van der Waals surface area contributed by atoms with Crippen molar-refractivity contribution >= 4 is 22.4 Å². The van der Waals surface area contributed by atoms with Gasteiger partial charge in [0, 0.05) is 37.1 Å². The number of alkyl halides is 2. The predicted molar refractivity (Wildman–Crippen MR) is 124 cm³/mol. The number of aryl methyl sites for hydroxylation is 1. The highest BCUT2D eigenvalue weighted by Crippen LogP contribution is 2.37. The van der Waals surface area contributed by atoms with Crippen LogP contribution in [0.1, 0.15) is 36.3 Å². The first-order valence-corrected chi connectivity index (χ1v) is 10.9. The van der Waals surface area contributed by atoms with Crippen molar-refractivity contribution in [3.05, 3.63) is 53.1 Å². The molecule has 0 aliphatic carbocycles. The third-order valence-corrected chi connectivity index (χ3v) is 6.07. The van der Waals surface area contributed by atoms with Crippen LogP contribution in [0.25, 0.3) is 10.9 Å². The lowest BCUT2D eigenvalue weighted by molar-refractivity contribution is 0.146. The average Bonchev–Trinajstić information content (AvgIpc) is 2.78. The maximum absolute atomic E-state index is 14.7. The van der Waals surface area contributed by atoms with Gasteiger partial charge in [-0.25, -0.2) is 23.1 Å². The number of anilines is 2. The third-order valence-electron chi connectivity index (χ3n) is 6.07. The average molecular weight is 460 g/mol. The fourth-order valence-electron chi connectivity index (χ4n) is 4.18. The first-order valence-electron chi connectivity index (χ1n) is 10.9. The molecule has 1 atom stereocenters. The molecule has 0 bridgehead atoms. The third kappa shape index (κ3) is 4.68. The number of benzene rings is 2. The van der Waals surface area contributed by atoms with E-state index in [0.717, 1.165) is 43.4 Å². The van der Waals surface area contributed by atoms with Crippen molar-refractivity contribution in [3.63, 3.8) is 0 Å². The SMILES string of the molecule is COc1cc2c(N[C@H](C)c3cccc(C(F)F)c3F)nc(C)nc2cc1N1CCN(C)CC1. The largest absolute Gasteiger partial charge is 0.495 e. The summed E-state index contributed by atoms with van der Waals surface area (Å²) in [7, 11) is 3.72. The van der Waals surface area contributed by atoms with Gasteiger partial charge in [-0.05, 0) is 33.0 Å². The van der Waals surface area contributed by atoms with Gasteiger partial charge in [0.25, 0.3) is 6.43 Å². The molecule has 6 nitrogen and oxygen atoms in total. The molecule has 1 saturated heterocycles. The quantitative estimate of drug-likeness (QED) is 0.563. The number of aromatic nitrogens is 2. The van der Waals surface area contributed by atoms with Crippen molar-refractivity contribution in [2.45, 2.75) is 26.3 Å². The van der Waals surface area contributed by atoms with Gasteiger partial charge in [-0.3, -0.25) is 0 Å². The number of likely N-dealkylation sites (N-methyl/N-ethyl adjacent to an activating group) is 1. The Morgan fingerprint density at radius 3 is 2.42 bits per heavy atom. The Kier molecular flexibility index (Phi) is 6.60. The molecule has 33 heavy (non-hydrogen) atoms. The zero-order chi connectivity index (χ0) is 23.7. The van der Waals surface area contributed by atoms with E-state index < -0.39 is 23.8 Å². The molecule has 3 aromatic rings. The van der Waals surface area contributed by atoms with Gasteiger partial charge in [0.1, 0.15) is 23.2 Å². The molecule has 1 aliphatic heterocycles. The van der Waals surface area contributed by atoms with Crippen LogP contribution in [-0.2, 0) is 0 Å². The maximum Gasteiger partial charge on any atom is 0.266 e. The molecule has 2 aromatic carbocycles. The molecule has 0 amide bonds. The molecule has 0 unspecified atom stereocenters. The monoisotopic (exact) mass is 459 g/mol. The van der Waals surface area contributed by atoms with Gasteiger partial charge in [0.05, 0.1) is 29.9 Å². The molecule has 9 heteroatoms. The molecule has 0 radical (unpaired) electrons. The summed E-state index contributed by atoms with van der Waals surface area (Å²) in [4.78, 5) is 13.7. The second-order valence-corrected chi connectivity index (χ2v) is 8.37. The molecule has 1 aromatic heterocycles. The van der Waals surface area contributed by atoms with E-state index in [2.05, 4.69) is 32.1 Å². The van der Waals surface area contributed by atoms with Crippen LogP contribution in [0, 0.1) is 12.7 Å². The minimum atomic E-state index is -2.88. The molecular formula is C24H28F3N5O. The molecule has 2 heterocycles. The predicted octanol–water partition coefficient (Wildman–Crippen LogP) is 4.95. The van der Waals surface area contributed by atoms with Gasteiger partial charge < -0.3 is 19.9 Å². The van der Waals surface area contributed by atoms with Gasteiger partial charge in [-0.2, -0.15) is 0 Å². The van der Waals surface area contributed by atoms with E-state index in [1.165, 1.54) is 12.1 Å². The van der Waals surface area contributed by atoms with Gasteiger partial charge in [-0.1, -0.05) is 18.2 Å². The van der Waals surface area contributed by atoms with Crippen molar-refractivity contribution in [1.82, 2.24) is 14.9 Å². The summed E-state index contributed by atoms with van der Waals surface area (Å²) in [6.07, 6.45) is -2.88. The van der Waals surface area contributed by atoms with Crippen LogP contribution in [0.4, 0.5) is 24.7 Å². The van der Waals surface area contributed by atoms with Crippen LogP contribution in [-0.4, -0.2) is 55.2 Å². The van der Waals surface area contributed by atoms with Crippen molar-refractivity contribution in [2.24, 2.45) is 0 Å². The number of ether oxygens (including phenoxy) is 1. The van der Waals surface area contributed by atoms with Crippen LogP contribution in [0.5, 0.6) is 5.75 Å². The van der Waals surface area contributed by atoms with Crippen molar-refractivity contribution in [1.29, 1.82) is 0 Å². The Hall–Kier alpha value is -3.07. The lowest BCUT2D eigenvalue weighted by Gasteiger charge is -2.34. The molecule has 1 fully saturated rings. The number of fused-ring (bicyclic) bond motifs is 1. The number of nitrogens with zero attached hydrogens (tertiary/aromatic N) is 4. The normalized spacial score (nSPS) is 15.8. The van der Waals surface area contributed by atoms with Crippen LogP contribution in [0.3, 0.4) is 0 Å². The van der Waals surface area contributed by atoms with E-state index in [1.54, 1.807) is 21.0 Å². The number of methoxy groups -OCH3 is 1. The molecule has 4 rings (SSSR count). The first kappa shape index (κ1) is 23.1. The molecule has 1 aliphatic rings. The minimum absolute atomic E-state index is 0.151.